The van der Waals surface area contributed by atoms with Gasteiger partial charge in [-0.2, -0.15) is 0 Å². The number of ether oxygens (including phenoxy) is 1. The van der Waals surface area contributed by atoms with Crippen LogP contribution in [-0.2, 0) is 9.53 Å². The molecule has 1 unspecified atom stereocenters. The van der Waals surface area contributed by atoms with Crippen LogP contribution in [-0.4, -0.2) is 60.4 Å². The Hall–Kier alpha value is -2.41. The number of morpholine rings is 1. The van der Waals surface area contributed by atoms with Crippen LogP contribution < -0.4 is 9.80 Å². The molecule has 0 bridgehead atoms. The molecule has 4 rings (SSSR count). The molecule has 7 heteroatoms. The molecule has 2 fully saturated rings. The molecule has 0 radical (unpaired) electrons. The van der Waals surface area contributed by atoms with Gasteiger partial charge in [0.15, 0.2) is 11.6 Å². The van der Waals surface area contributed by atoms with Gasteiger partial charge >= 0.3 is 5.97 Å². The number of aromatic nitrogens is 2. The molecule has 0 spiro atoms. The van der Waals surface area contributed by atoms with E-state index < -0.39 is 5.97 Å². The number of hydrogen-bond donors (Lipinski definition) is 1. The van der Waals surface area contributed by atoms with Gasteiger partial charge in [0.05, 0.1) is 30.2 Å². The van der Waals surface area contributed by atoms with Crippen molar-refractivity contribution >= 4 is 28.6 Å². The Morgan fingerprint density at radius 1 is 1.04 bits per heavy atom. The number of benzene rings is 1. The van der Waals surface area contributed by atoms with Gasteiger partial charge in [-0.15, -0.1) is 0 Å². The lowest BCUT2D eigenvalue weighted by Gasteiger charge is -2.36. The predicted octanol–water partition coefficient (Wildman–Crippen LogP) is 1.77. The summed E-state index contributed by atoms with van der Waals surface area (Å²) >= 11 is 0. The van der Waals surface area contributed by atoms with Crippen molar-refractivity contribution in [1.82, 2.24) is 9.97 Å². The second-order valence-electron chi connectivity index (χ2n) is 6.58. The fraction of sp³-hybridized carbons (Fsp3) is 0.500. The first-order chi connectivity index (χ1) is 12.2. The normalized spacial score (nSPS) is 21.5. The number of rotatable bonds is 3. The predicted molar refractivity (Wildman–Crippen MR) is 95.1 cm³/mol. The van der Waals surface area contributed by atoms with E-state index >= 15 is 0 Å². The molecule has 2 aliphatic heterocycles. The van der Waals surface area contributed by atoms with Crippen LogP contribution in [0.1, 0.15) is 12.8 Å². The van der Waals surface area contributed by atoms with Crippen molar-refractivity contribution in [3.63, 3.8) is 0 Å². The summed E-state index contributed by atoms with van der Waals surface area (Å²) in [6, 6.07) is 7.83. The quantitative estimate of drug-likeness (QED) is 0.910. The van der Waals surface area contributed by atoms with E-state index in [2.05, 4.69) is 9.80 Å². The maximum absolute atomic E-state index is 11.4. The van der Waals surface area contributed by atoms with Crippen molar-refractivity contribution in [3.8, 4) is 0 Å². The Balaban J connectivity index is 1.75. The highest BCUT2D eigenvalue weighted by Gasteiger charge is 2.29. The van der Waals surface area contributed by atoms with E-state index in [0.29, 0.717) is 19.8 Å². The molecule has 1 N–H and O–H groups in total. The number of aliphatic carboxylic acids is 1. The van der Waals surface area contributed by atoms with Crippen molar-refractivity contribution < 1.29 is 14.6 Å². The molecule has 2 aliphatic rings. The highest BCUT2D eigenvalue weighted by atomic mass is 16.5. The van der Waals surface area contributed by atoms with Crippen LogP contribution in [0.2, 0.25) is 0 Å². The van der Waals surface area contributed by atoms with Gasteiger partial charge in [-0.25, -0.2) is 9.97 Å². The molecule has 2 aromatic rings. The van der Waals surface area contributed by atoms with E-state index in [1.165, 1.54) is 0 Å². The molecular weight excluding hydrogens is 320 g/mol. The molecule has 7 nitrogen and oxygen atoms in total. The number of carbonyl (C=O) groups is 1. The van der Waals surface area contributed by atoms with Crippen LogP contribution in [0.5, 0.6) is 0 Å². The lowest BCUT2D eigenvalue weighted by atomic mass is 9.98. The molecule has 3 heterocycles. The van der Waals surface area contributed by atoms with Gasteiger partial charge < -0.3 is 19.6 Å². The molecule has 1 atom stereocenters. The van der Waals surface area contributed by atoms with Crippen LogP contribution in [0.4, 0.5) is 11.6 Å². The van der Waals surface area contributed by atoms with Gasteiger partial charge in [0.25, 0.3) is 0 Å². The van der Waals surface area contributed by atoms with Gasteiger partial charge in [-0.1, -0.05) is 12.1 Å². The summed E-state index contributed by atoms with van der Waals surface area (Å²) in [5.41, 5.74) is 1.70. The summed E-state index contributed by atoms with van der Waals surface area (Å²) in [5.74, 6) is 0.561. The minimum atomic E-state index is -0.730. The van der Waals surface area contributed by atoms with E-state index in [0.717, 1.165) is 55.1 Å². The fourth-order valence-corrected chi connectivity index (χ4v) is 3.55. The Labute approximate surface area is 146 Å². The minimum Gasteiger partial charge on any atom is -0.481 e. The summed E-state index contributed by atoms with van der Waals surface area (Å²) in [4.78, 5) is 25.4. The maximum Gasteiger partial charge on any atom is 0.308 e. The number of fused-ring (bicyclic) bond motifs is 1. The number of carboxylic acid groups (broad SMARTS) is 1. The second-order valence-corrected chi connectivity index (χ2v) is 6.58. The first-order valence-electron chi connectivity index (χ1n) is 8.79. The van der Waals surface area contributed by atoms with Gasteiger partial charge in [-0.05, 0) is 25.0 Å². The third-order valence-electron chi connectivity index (χ3n) is 4.92. The van der Waals surface area contributed by atoms with Crippen LogP contribution in [0.25, 0.3) is 11.0 Å². The van der Waals surface area contributed by atoms with Crippen molar-refractivity contribution in [2.75, 3.05) is 49.2 Å². The van der Waals surface area contributed by atoms with E-state index in [-0.39, 0.29) is 5.92 Å². The van der Waals surface area contributed by atoms with Crippen LogP contribution >= 0.6 is 0 Å². The monoisotopic (exact) mass is 342 g/mol. The van der Waals surface area contributed by atoms with Crippen molar-refractivity contribution in [3.05, 3.63) is 24.3 Å². The zero-order chi connectivity index (χ0) is 17.2. The van der Waals surface area contributed by atoms with Gasteiger partial charge in [-0.3, -0.25) is 4.79 Å². The van der Waals surface area contributed by atoms with E-state index in [1.807, 2.05) is 24.3 Å². The Bertz CT molecular complexity index is 776. The first kappa shape index (κ1) is 16.1. The van der Waals surface area contributed by atoms with E-state index in [9.17, 15) is 9.90 Å². The van der Waals surface area contributed by atoms with Gasteiger partial charge in [0, 0.05) is 26.2 Å². The standard InChI is InChI=1S/C18H22N4O3/c23-18(24)13-4-3-7-22(12-13)17-16(21-8-10-25-11-9-21)19-14-5-1-2-6-15(14)20-17/h1-2,5-6,13H,3-4,7-12H2,(H,23,24). The summed E-state index contributed by atoms with van der Waals surface area (Å²) < 4.78 is 5.46. The maximum atomic E-state index is 11.4. The van der Waals surface area contributed by atoms with Crippen molar-refractivity contribution in [2.24, 2.45) is 5.92 Å². The van der Waals surface area contributed by atoms with Gasteiger partial charge in [0.1, 0.15) is 0 Å². The average molecular weight is 342 g/mol. The smallest absolute Gasteiger partial charge is 0.308 e. The zero-order valence-electron chi connectivity index (χ0n) is 14.1. The largest absolute Gasteiger partial charge is 0.481 e. The third-order valence-corrected chi connectivity index (χ3v) is 4.92. The first-order valence-corrected chi connectivity index (χ1v) is 8.79. The number of anilines is 2. The van der Waals surface area contributed by atoms with Crippen LogP contribution in [0, 0.1) is 5.92 Å². The highest BCUT2D eigenvalue weighted by molar-refractivity contribution is 5.81. The molecule has 1 aromatic heterocycles. The molecule has 0 aliphatic carbocycles. The Morgan fingerprint density at radius 3 is 2.32 bits per heavy atom. The zero-order valence-corrected chi connectivity index (χ0v) is 14.1. The second kappa shape index (κ2) is 6.84. The third kappa shape index (κ3) is 3.24. The number of nitrogens with zero attached hydrogens (tertiary/aromatic N) is 4. The number of hydrogen-bond acceptors (Lipinski definition) is 6. The summed E-state index contributed by atoms with van der Waals surface area (Å²) in [6.45, 7) is 4.19. The summed E-state index contributed by atoms with van der Waals surface area (Å²) in [7, 11) is 0. The average Bonchev–Trinajstić information content (AvgIpc) is 2.67. The molecule has 0 saturated carbocycles. The SMILES string of the molecule is O=C(O)C1CCCN(c2nc3ccccc3nc2N2CCOCC2)C1. The summed E-state index contributed by atoms with van der Waals surface area (Å²) in [5, 5.41) is 9.40. The van der Waals surface area contributed by atoms with Gasteiger partial charge in [0.2, 0.25) is 0 Å². The van der Waals surface area contributed by atoms with Crippen molar-refractivity contribution in [1.29, 1.82) is 0 Å². The number of carboxylic acids is 1. The fourth-order valence-electron chi connectivity index (χ4n) is 3.55. The van der Waals surface area contributed by atoms with Crippen molar-refractivity contribution in [2.45, 2.75) is 12.8 Å². The lowest BCUT2D eigenvalue weighted by Crippen LogP contribution is -2.42. The molecule has 0 amide bonds. The minimum absolute atomic E-state index is 0.348. The molecule has 132 valence electrons. The highest BCUT2D eigenvalue weighted by Crippen LogP contribution is 2.31. The molecule has 1 aromatic carbocycles. The molecular formula is C18H22N4O3. The summed E-state index contributed by atoms with van der Waals surface area (Å²) in [6.07, 6.45) is 1.58. The molecule has 2 saturated heterocycles. The van der Waals surface area contributed by atoms with E-state index in [1.54, 1.807) is 0 Å². The van der Waals surface area contributed by atoms with Crippen LogP contribution in [0.3, 0.4) is 0 Å². The topological polar surface area (TPSA) is 78.8 Å². The number of para-hydroxylation sites is 2. The van der Waals surface area contributed by atoms with E-state index in [4.69, 9.17) is 14.7 Å². The van der Waals surface area contributed by atoms with Crippen LogP contribution in [0.15, 0.2) is 24.3 Å². The Morgan fingerprint density at radius 2 is 1.68 bits per heavy atom. The molecule has 25 heavy (non-hydrogen) atoms. The number of piperidine rings is 1. The lowest BCUT2D eigenvalue weighted by molar-refractivity contribution is -0.141. The Kier molecular flexibility index (Phi) is 4.40.